The zero-order chi connectivity index (χ0) is 9.42. The molecule has 0 fully saturated rings. The number of nitrogens with two attached hydrogens (primary N) is 1. The van der Waals surface area contributed by atoms with Gasteiger partial charge in [0, 0.05) is 16.6 Å². The van der Waals surface area contributed by atoms with Crippen molar-refractivity contribution in [1.29, 1.82) is 0 Å². The summed E-state index contributed by atoms with van der Waals surface area (Å²) in [5.41, 5.74) is 5.79. The normalized spacial score (nSPS) is 13.5. The molecular weight excluding hydrogens is 241 g/mol. The molecule has 70 valence electrons. The van der Waals surface area contributed by atoms with E-state index in [-0.39, 0.29) is 19.1 Å². The van der Waals surface area contributed by atoms with E-state index in [0.29, 0.717) is 15.8 Å². The minimum absolute atomic E-state index is 0.0622. The van der Waals surface area contributed by atoms with E-state index in [1.54, 1.807) is 6.07 Å². The van der Waals surface area contributed by atoms with E-state index in [0.717, 1.165) is 0 Å². The van der Waals surface area contributed by atoms with Crippen LogP contribution < -0.4 is 15.2 Å². The standard InChI is InChI=1S/C8H7BrFNO2/c9-5-1-6-8(13-3-12-6)7(10)4(5)2-11/h1H,2-3,11H2. The lowest BCUT2D eigenvalue weighted by Crippen LogP contribution is -2.01. The first kappa shape index (κ1) is 8.77. The number of ether oxygens (including phenoxy) is 2. The summed E-state index contributed by atoms with van der Waals surface area (Å²) in [4.78, 5) is 0. The molecule has 0 spiro atoms. The van der Waals surface area contributed by atoms with E-state index in [4.69, 9.17) is 15.2 Å². The molecule has 2 rings (SSSR count). The Hall–Kier alpha value is -0.810. The van der Waals surface area contributed by atoms with Crippen molar-refractivity contribution in [3.05, 3.63) is 21.9 Å². The third kappa shape index (κ3) is 1.28. The topological polar surface area (TPSA) is 44.5 Å². The van der Waals surface area contributed by atoms with Crippen molar-refractivity contribution >= 4 is 15.9 Å². The first-order chi connectivity index (χ1) is 6.24. The molecule has 0 saturated heterocycles. The highest BCUT2D eigenvalue weighted by molar-refractivity contribution is 9.10. The van der Waals surface area contributed by atoms with E-state index in [2.05, 4.69) is 15.9 Å². The SMILES string of the molecule is NCc1c(Br)cc2c(c1F)OCO2. The van der Waals surface area contributed by atoms with Crippen molar-refractivity contribution in [2.24, 2.45) is 5.73 Å². The van der Waals surface area contributed by atoms with Crippen molar-refractivity contribution in [2.45, 2.75) is 6.54 Å². The fourth-order valence-corrected chi connectivity index (χ4v) is 1.74. The second-order valence-corrected chi connectivity index (χ2v) is 3.44. The van der Waals surface area contributed by atoms with Crippen molar-refractivity contribution in [1.82, 2.24) is 0 Å². The number of hydrogen-bond donors (Lipinski definition) is 1. The van der Waals surface area contributed by atoms with Gasteiger partial charge < -0.3 is 15.2 Å². The average molecular weight is 248 g/mol. The van der Waals surface area contributed by atoms with Crippen molar-refractivity contribution in [3.63, 3.8) is 0 Å². The molecule has 1 aliphatic heterocycles. The number of halogens is 2. The molecule has 1 heterocycles. The summed E-state index contributed by atoms with van der Waals surface area (Å²) < 4.78 is 24.1. The summed E-state index contributed by atoms with van der Waals surface area (Å²) >= 11 is 3.21. The Bertz CT molecular complexity index is 353. The molecule has 0 atom stereocenters. The second-order valence-electron chi connectivity index (χ2n) is 2.59. The average Bonchev–Trinajstić information content (AvgIpc) is 2.53. The third-order valence-electron chi connectivity index (χ3n) is 1.86. The number of rotatable bonds is 1. The van der Waals surface area contributed by atoms with Crippen LogP contribution in [0.15, 0.2) is 10.5 Å². The van der Waals surface area contributed by atoms with Gasteiger partial charge in [-0.05, 0) is 6.07 Å². The lowest BCUT2D eigenvalue weighted by atomic mass is 10.2. The highest BCUT2D eigenvalue weighted by atomic mass is 79.9. The highest BCUT2D eigenvalue weighted by Gasteiger charge is 2.22. The smallest absolute Gasteiger partial charge is 0.231 e. The predicted molar refractivity (Wildman–Crippen MR) is 48.1 cm³/mol. The lowest BCUT2D eigenvalue weighted by Gasteiger charge is -2.05. The van der Waals surface area contributed by atoms with Crippen molar-refractivity contribution in [2.75, 3.05) is 6.79 Å². The minimum atomic E-state index is -0.440. The molecular formula is C8H7BrFNO2. The molecule has 0 radical (unpaired) electrons. The molecule has 2 N–H and O–H groups in total. The molecule has 1 aliphatic rings. The van der Waals surface area contributed by atoms with Crippen LogP contribution in [0, 0.1) is 5.82 Å². The molecule has 1 aromatic rings. The molecule has 0 aromatic heterocycles. The van der Waals surface area contributed by atoms with E-state index in [1.165, 1.54) is 0 Å². The van der Waals surface area contributed by atoms with E-state index >= 15 is 0 Å². The minimum Gasteiger partial charge on any atom is -0.453 e. The molecule has 0 unspecified atom stereocenters. The van der Waals surface area contributed by atoms with E-state index in [9.17, 15) is 4.39 Å². The highest BCUT2D eigenvalue weighted by Crippen LogP contribution is 2.39. The van der Waals surface area contributed by atoms with Crippen LogP contribution in [0.3, 0.4) is 0 Å². The molecule has 0 bridgehead atoms. The molecule has 0 aliphatic carbocycles. The van der Waals surface area contributed by atoms with Gasteiger partial charge in [-0.15, -0.1) is 0 Å². The van der Waals surface area contributed by atoms with Gasteiger partial charge in [-0.1, -0.05) is 15.9 Å². The summed E-state index contributed by atoms with van der Waals surface area (Å²) in [5.74, 6) is 0.134. The molecule has 3 nitrogen and oxygen atoms in total. The number of fused-ring (bicyclic) bond motifs is 1. The van der Waals surface area contributed by atoms with Gasteiger partial charge in [0.05, 0.1) is 0 Å². The molecule has 0 saturated carbocycles. The van der Waals surface area contributed by atoms with Crippen molar-refractivity contribution < 1.29 is 13.9 Å². The fourth-order valence-electron chi connectivity index (χ4n) is 1.20. The summed E-state index contributed by atoms with van der Waals surface area (Å²) in [6.45, 7) is 0.190. The Balaban J connectivity index is 2.62. The quantitative estimate of drug-likeness (QED) is 0.823. The Morgan fingerprint density at radius 1 is 1.54 bits per heavy atom. The van der Waals surface area contributed by atoms with Crippen LogP contribution in [-0.4, -0.2) is 6.79 Å². The first-order valence-electron chi connectivity index (χ1n) is 3.70. The maximum atomic E-state index is 13.5. The van der Waals surface area contributed by atoms with Crippen LogP contribution >= 0.6 is 15.9 Å². The van der Waals surface area contributed by atoms with E-state index < -0.39 is 5.82 Å². The lowest BCUT2D eigenvalue weighted by molar-refractivity contribution is 0.170. The predicted octanol–water partition coefficient (Wildman–Crippen LogP) is 1.78. The van der Waals surface area contributed by atoms with Gasteiger partial charge in [-0.2, -0.15) is 0 Å². The zero-order valence-electron chi connectivity index (χ0n) is 6.64. The van der Waals surface area contributed by atoms with Crippen LogP contribution in [-0.2, 0) is 6.54 Å². The summed E-state index contributed by atoms with van der Waals surface area (Å²) in [5, 5.41) is 0. The Morgan fingerprint density at radius 3 is 3.00 bits per heavy atom. The molecule has 13 heavy (non-hydrogen) atoms. The van der Waals surface area contributed by atoms with E-state index in [1.807, 2.05) is 0 Å². The molecule has 0 amide bonds. The van der Waals surface area contributed by atoms with Crippen LogP contribution in [0.5, 0.6) is 11.5 Å². The third-order valence-corrected chi connectivity index (χ3v) is 2.56. The van der Waals surface area contributed by atoms with Gasteiger partial charge in [0.15, 0.2) is 11.6 Å². The maximum Gasteiger partial charge on any atom is 0.231 e. The van der Waals surface area contributed by atoms with Gasteiger partial charge in [0.1, 0.15) is 0 Å². The fraction of sp³-hybridized carbons (Fsp3) is 0.250. The summed E-state index contributed by atoms with van der Waals surface area (Å²) in [6, 6.07) is 1.66. The van der Waals surface area contributed by atoms with Crippen molar-refractivity contribution in [3.8, 4) is 11.5 Å². The Labute approximate surface area is 82.8 Å². The monoisotopic (exact) mass is 247 g/mol. The van der Waals surface area contributed by atoms with Crippen LogP contribution in [0.1, 0.15) is 5.56 Å². The Morgan fingerprint density at radius 2 is 2.31 bits per heavy atom. The maximum absolute atomic E-state index is 13.5. The summed E-state index contributed by atoms with van der Waals surface area (Å²) in [7, 11) is 0. The number of hydrogen-bond acceptors (Lipinski definition) is 3. The van der Waals surface area contributed by atoms with Gasteiger partial charge in [-0.3, -0.25) is 0 Å². The summed E-state index contributed by atoms with van der Waals surface area (Å²) in [6.07, 6.45) is 0. The molecule has 5 heteroatoms. The van der Waals surface area contributed by atoms with Gasteiger partial charge in [0.25, 0.3) is 0 Å². The second kappa shape index (κ2) is 3.16. The van der Waals surface area contributed by atoms with Gasteiger partial charge in [-0.25, -0.2) is 4.39 Å². The number of benzene rings is 1. The zero-order valence-corrected chi connectivity index (χ0v) is 8.23. The van der Waals surface area contributed by atoms with Gasteiger partial charge in [0.2, 0.25) is 12.5 Å². The van der Waals surface area contributed by atoms with Crippen LogP contribution in [0.25, 0.3) is 0 Å². The largest absolute Gasteiger partial charge is 0.453 e. The Kier molecular flexibility index (Phi) is 2.13. The van der Waals surface area contributed by atoms with Crippen LogP contribution in [0.4, 0.5) is 4.39 Å². The van der Waals surface area contributed by atoms with Gasteiger partial charge >= 0.3 is 0 Å². The van der Waals surface area contributed by atoms with Crippen LogP contribution in [0.2, 0.25) is 0 Å². The first-order valence-corrected chi connectivity index (χ1v) is 4.50. The molecule has 1 aromatic carbocycles.